The Morgan fingerprint density at radius 3 is 1.59 bits per heavy atom. The molecule has 0 unspecified atom stereocenters. The third kappa shape index (κ3) is 37.8. The zero-order valence-corrected chi connectivity index (χ0v) is 36.4. The first-order chi connectivity index (χ1) is 18.2. The molecule has 1 atom stereocenters. The fourth-order valence-electron chi connectivity index (χ4n) is 4.13. The van der Waals surface area contributed by atoms with E-state index in [0.717, 1.165) is 6.42 Å². The van der Waals surface area contributed by atoms with Gasteiger partial charge in [0.1, 0.15) is 0 Å². The molecule has 0 amide bonds. The number of unbranched alkanes of at least 4 members (excludes halogenated alkanes) is 15. The van der Waals surface area contributed by atoms with E-state index >= 15 is 0 Å². The van der Waals surface area contributed by atoms with Crippen LogP contribution in [0, 0.1) is 0 Å². The molecule has 0 saturated heterocycles. The van der Waals surface area contributed by atoms with Gasteiger partial charge in [-0.15, -0.1) is 0 Å². The summed E-state index contributed by atoms with van der Waals surface area (Å²) >= 11 is 0. The summed E-state index contributed by atoms with van der Waals surface area (Å²) in [5.74, 6) is -0.983. The first-order valence-corrected chi connectivity index (χ1v) is 15.7. The number of hydrogen-bond donors (Lipinski definition) is 3. The van der Waals surface area contributed by atoms with Crippen molar-refractivity contribution in [2.45, 2.75) is 116 Å². The number of carboxylic acid groups (broad SMARTS) is 1. The summed E-state index contributed by atoms with van der Waals surface area (Å²) < 4.78 is 14.3. The Balaban J connectivity index is -0.000000784. The molecule has 0 aromatic heterocycles. The number of ether oxygens (including phenoxy) is 1. The van der Waals surface area contributed by atoms with Crippen LogP contribution in [0.15, 0.2) is 24.3 Å². The van der Waals surface area contributed by atoms with Crippen molar-refractivity contribution in [1.29, 1.82) is 0 Å². The maximum absolute atomic E-state index is 11.3. The first kappa shape index (κ1) is 51.3. The number of para-hydroxylation sites is 1. The van der Waals surface area contributed by atoms with E-state index in [1.54, 1.807) is 24.3 Å². The molecule has 1 aromatic carbocycles. The van der Waals surface area contributed by atoms with Crippen LogP contribution in [0.5, 0.6) is 0 Å². The topological polar surface area (TPSA) is 165 Å². The van der Waals surface area contributed by atoms with Gasteiger partial charge in [-0.2, -0.15) is 7.82 Å². The molecule has 0 spiro atoms. The van der Waals surface area contributed by atoms with Crippen LogP contribution in [0.2, 0.25) is 0 Å². The van der Waals surface area contributed by atoms with Crippen LogP contribution in [0.4, 0.5) is 5.69 Å². The Hall–Kier alpha value is 3.43. The molecule has 3 N–H and O–H groups in total. The monoisotopic (exact) mass is 675 g/mol. The van der Waals surface area contributed by atoms with Crippen molar-refractivity contribution < 1.29 is 193 Å². The van der Waals surface area contributed by atoms with Gasteiger partial charge in [0.05, 0.1) is 24.8 Å². The largest absolute Gasteiger partial charge is 1.00 e. The van der Waals surface area contributed by atoms with Crippen molar-refractivity contribution >= 4 is 19.5 Å². The van der Waals surface area contributed by atoms with Gasteiger partial charge in [0.2, 0.25) is 0 Å². The third-order valence-corrected chi connectivity index (χ3v) is 6.20. The average Bonchev–Trinajstić information content (AvgIpc) is 2.86. The molecule has 0 aliphatic carbocycles. The molecule has 9 nitrogen and oxygen atoms in total. The van der Waals surface area contributed by atoms with E-state index in [1.807, 2.05) is 0 Å². The molecule has 1 rings (SSSR count). The summed E-state index contributed by atoms with van der Waals surface area (Å²) in [6.45, 7) is 3.21. The van der Waals surface area contributed by atoms with Crippen LogP contribution in [0.1, 0.15) is 120 Å². The second-order valence-electron chi connectivity index (χ2n) is 9.70. The number of carbonyl (C=O) groups is 1. The number of hydrogen-bond acceptors (Lipinski definition) is 8. The van der Waals surface area contributed by atoms with Crippen molar-refractivity contribution in [2.75, 3.05) is 25.1 Å². The van der Waals surface area contributed by atoms with Gasteiger partial charge in [-0.05, 0) is 18.6 Å². The molecular formula is C28H49K3NO8P. The summed E-state index contributed by atoms with van der Waals surface area (Å²) in [5, 5.41) is 21.9. The number of phosphoric acid groups is 1. The van der Waals surface area contributed by atoms with Crippen molar-refractivity contribution in [3.8, 4) is 0 Å². The quantitative estimate of drug-likeness (QED) is 0.0591. The van der Waals surface area contributed by atoms with Gasteiger partial charge in [-0.3, -0.25) is 0 Å². The van der Waals surface area contributed by atoms with Crippen LogP contribution >= 0.6 is 7.82 Å². The number of benzene rings is 1. The van der Waals surface area contributed by atoms with Crippen LogP contribution in [0.3, 0.4) is 0 Å². The van der Waals surface area contributed by atoms with E-state index in [2.05, 4.69) is 12.2 Å². The van der Waals surface area contributed by atoms with Gasteiger partial charge in [-0.25, -0.2) is 4.79 Å². The van der Waals surface area contributed by atoms with E-state index in [9.17, 15) is 15.0 Å². The predicted octanol–water partition coefficient (Wildman–Crippen LogP) is -4.38. The molecule has 0 aliphatic rings. The fourth-order valence-corrected chi connectivity index (χ4v) is 4.13. The summed E-state index contributed by atoms with van der Waals surface area (Å²) in [5.41, 5.74) is 0.712. The van der Waals surface area contributed by atoms with Crippen molar-refractivity contribution in [3.05, 3.63) is 29.8 Å². The smallest absolute Gasteiger partial charge is 0.822 e. The number of nitrogens with one attached hydrogen (secondary N) is 1. The SMILES string of the molecule is CCCCCCCCCCCCCCCCCCOC[C@H](CO)Nc1ccccc1C(=O)O.O=P([O-])([O-])[O-].[K+].[K+].[K+]. The molecule has 0 fully saturated rings. The predicted molar refractivity (Wildman–Crippen MR) is 146 cm³/mol. The Kier molecular flexibility index (Phi) is 45.4. The standard InChI is InChI=1S/C28H49NO4.3K.H3O4P/c1-2-3-4-5-6-7-8-9-10-11-12-13-14-15-16-19-22-33-24-25(23-30)29-27-21-18-17-20-26(27)28(31)32;;;;1-5(2,3)4/h17-18,20-21,25,29-30H,2-16,19,22-24H2,1H3,(H,31,32);;;;(H3,1,2,3,4)/q;3*+1;/p-3/t25-;;;;/m0..../s1. The van der Waals surface area contributed by atoms with E-state index in [-0.39, 0.29) is 172 Å². The molecule has 41 heavy (non-hydrogen) atoms. The van der Waals surface area contributed by atoms with Crippen LogP contribution in [0.25, 0.3) is 0 Å². The van der Waals surface area contributed by atoms with Gasteiger partial charge in [-0.1, -0.05) is 115 Å². The average molecular weight is 676 g/mol. The van der Waals surface area contributed by atoms with Gasteiger partial charge in [0.25, 0.3) is 0 Å². The van der Waals surface area contributed by atoms with E-state index in [4.69, 9.17) is 24.0 Å². The van der Waals surface area contributed by atoms with E-state index in [0.29, 0.717) is 18.9 Å². The maximum Gasteiger partial charge on any atom is 1.00 e. The second kappa shape index (κ2) is 36.3. The zero-order valence-electron chi connectivity index (χ0n) is 26.1. The number of aliphatic hydroxyl groups excluding tert-OH is 1. The molecule has 0 saturated carbocycles. The first-order valence-electron chi connectivity index (χ1n) is 14.2. The maximum atomic E-state index is 11.3. The number of anilines is 1. The summed E-state index contributed by atoms with van der Waals surface area (Å²) in [7, 11) is -5.39. The Labute approximate surface area is 376 Å². The summed E-state index contributed by atoms with van der Waals surface area (Å²) in [6, 6.07) is 6.42. The van der Waals surface area contributed by atoms with Gasteiger partial charge in [0, 0.05) is 12.3 Å². The summed E-state index contributed by atoms with van der Waals surface area (Å²) in [4.78, 5) is 36.9. The third-order valence-electron chi connectivity index (χ3n) is 6.20. The van der Waals surface area contributed by atoms with Crippen LogP contribution in [-0.4, -0.2) is 42.0 Å². The van der Waals surface area contributed by atoms with Gasteiger partial charge < -0.3 is 39.5 Å². The van der Waals surface area contributed by atoms with Gasteiger partial charge in [0.15, 0.2) is 0 Å². The fraction of sp³-hybridized carbons (Fsp3) is 0.750. The van der Waals surface area contributed by atoms with E-state index in [1.165, 1.54) is 96.3 Å². The van der Waals surface area contributed by atoms with Crippen molar-refractivity contribution in [3.63, 3.8) is 0 Å². The number of aromatic carboxylic acids is 1. The molecule has 1 aromatic rings. The number of carboxylic acids is 1. The summed E-state index contributed by atoms with van der Waals surface area (Å²) in [6.07, 6.45) is 21.6. The van der Waals surface area contributed by atoms with Gasteiger partial charge >= 0.3 is 160 Å². The molecular weight excluding hydrogens is 627 g/mol. The Morgan fingerprint density at radius 2 is 1.20 bits per heavy atom. The second-order valence-corrected chi connectivity index (χ2v) is 10.6. The number of rotatable bonds is 23. The minimum absolute atomic E-state index is 0. The number of aliphatic hydroxyl groups is 1. The van der Waals surface area contributed by atoms with Crippen molar-refractivity contribution in [1.82, 2.24) is 0 Å². The molecule has 13 heteroatoms. The van der Waals surface area contributed by atoms with E-state index < -0.39 is 13.8 Å². The molecule has 0 bridgehead atoms. The Morgan fingerprint density at radius 1 is 0.805 bits per heavy atom. The van der Waals surface area contributed by atoms with Crippen LogP contribution in [-0.2, 0) is 9.30 Å². The van der Waals surface area contributed by atoms with Crippen LogP contribution < -0.4 is 174 Å². The molecule has 222 valence electrons. The Bertz CT molecular complexity index is 751. The minimum atomic E-state index is -5.39. The minimum Gasteiger partial charge on any atom is -0.822 e. The molecule has 0 aliphatic heterocycles. The van der Waals surface area contributed by atoms with Crippen molar-refractivity contribution in [2.24, 2.45) is 0 Å². The molecule has 0 radical (unpaired) electrons. The zero-order chi connectivity index (χ0) is 28.5. The molecule has 0 heterocycles. The normalized spacial score (nSPS) is 11.1.